The number of benzene rings is 1. The fourth-order valence-corrected chi connectivity index (χ4v) is 3.19. The molecule has 3 rings (SSSR count). The molecule has 0 saturated carbocycles. The first-order chi connectivity index (χ1) is 11.5. The molecule has 2 aliphatic rings. The van der Waals surface area contributed by atoms with Gasteiger partial charge in [0.2, 0.25) is 0 Å². The largest absolute Gasteiger partial charge is 0.378 e. The van der Waals surface area contributed by atoms with Gasteiger partial charge in [-0.3, -0.25) is 4.79 Å². The lowest BCUT2D eigenvalue weighted by molar-refractivity contribution is -0.131. The minimum Gasteiger partial charge on any atom is -0.378 e. The molecule has 3 amide bonds. The first-order valence-electron chi connectivity index (χ1n) is 7.58. The van der Waals surface area contributed by atoms with E-state index in [2.05, 4.69) is 10.6 Å². The van der Waals surface area contributed by atoms with Crippen LogP contribution in [-0.4, -0.2) is 43.1 Å². The lowest BCUT2D eigenvalue weighted by atomic mass is 9.94. The van der Waals surface area contributed by atoms with Crippen LogP contribution in [0.15, 0.2) is 29.5 Å². The van der Waals surface area contributed by atoms with E-state index in [-0.39, 0.29) is 22.1 Å². The molecular weight excluding hydrogens is 337 g/mol. The molecule has 1 saturated heterocycles. The second-order valence-electron chi connectivity index (χ2n) is 5.61. The van der Waals surface area contributed by atoms with Gasteiger partial charge in [-0.25, -0.2) is 9.18 Å². The van der Waals surface area contributed by atoms with E-state index in [4.69, 9.17) is 16.3 Å². The molecule has 24 heavy (non-hydrogen) atoms. The molecule has 8 heteroatoms. The number of nitrogens with zero attached hydrogens (tertiary/aromatic N) is 1. The summed E-state index contributed by atoms with van der Waals surface area (Å²) in [5.41, 5.74) is 0.757. The fraction of sp³-hybridized carbons (Fsp3) is 0.375. The molecule has 0 unspecified atom stereocenters. The highest BCUT2D eigenvalue weighted by Crippen LogP contribution is 2.34. The molecule has 2 heterocycles. The Morgan fingerprint density at radius 3 is 2.75 bits per heavy atom. The summed E-state index contributed by atoms with van der Waals surface area (Å²) in [4.78, 5) is 26.4. The van der Waals surface area contributed by atoms with Crippen molar-refractivity contribution in [2.24, 2.45) is 0 Å². The van der Waals surface area contributed by atoms with Gasteiger partial charge < -0.3 is 20.3 Å². The Balaban J connectivity index is 2.04. The lowest BCUT2D eigenvalue weighted by Crippen LogP contribution is -2.49. The van der Waals surface area contributed by atoms with E-state index in [1.54, 1.807) is 11.8 Å². The number of amides is 3. The number of carbonyl (C=O) groups is 2. The number of rotatable bonds is 2. The molecule has 128 valence electrons. The van der Waals surface area contributed by atoms with Gasteiger partial charge in [-0.1, -0.05) is 17.7 Å². The van der Waals surface area contributed by atoms with E-state index in [0.29, 0.717) is 32.0 Å². The smallest absolute Gasteiger partial charge is 0.319 e. The summed E-state index contributed by atoms with van der Waals surface area (Å²) in [6.07, 6.45) is 0. The number of hydrogen-bond donors (Lipinski definition) is 2. The molecule has 0 spiro atoms. The summed E-state index contributed by atoms with van der Waals surface area (Å²) in [5.74, 6) is -0.845. The van der Waals surface area contributed by atoms with E-state index in [1.807, 2.05) is 0 Å². The first kappa shape index (κ1) is 16.7. The molecule has 0 aromatic heterocycles. The van der Waals surface area contributed by atoms with E-state index < -0.39 is 17.9 Å². The van der Waals surface area contributed by atoms with Gasteiger partial charge in [-0.15, -0.1) is 0 Å². The van der Waals surface area contributed by atoms with Crippen LogP contribution in [0.3, 0.4) is 0 Å². The van der Waals surface area contributed by atoms with Crippen molar-refractivity contribution in [1.29, 1.82) is 0 Å². The van der Waals surface area contributed by atoms with Crippen molar-refractivity contribution in [3.8, 4) is 0 Å². The molecule has 0 aliphatic carbocycles. The number of morpholine rings is 1. The van der Waals surface area contributed by atoms with Crippen LogP contribution < -0.4 is 10.6 Å². The third-order valence-electron chi connectivity index (χ3n) is 4.09. The number of urea groups is 1. The van der Waals surface area contributed by atoms with Gasteiger partial charge in [-0.2, -0.15) is 0 Å². The zero-order chi connectivity index (χ0) is 17.3. The van der Waals surface area contributed by atoms with Gasteiger partial charge in [0.1, 0.15) is 5.82 Å². The van der Waals surface area contributed by atoms with Crippen LogP contribution >= 0.6 is 11.6 Å². The molecule has 1 fully saturated rings. The lowest BCUT2D eigenvalue weighted by Gasteiger charge is -2.34. The molecule has 0 bridgehead atoms. The summed E-state index contributed by atoms with van der Waals surface area (Å²) in [5, 5.41) is 5.33. The van der Waals surface area contributed by atoms with Crippen LogP contribution in [0.5, 0.6) is 0 Å². The summed E-state index contributed by atoms with van der Waals surface area (Å²) in [7, 11) is 0. The maximum absolute atomic E-state index is 14.3. The predicted molar refractivity (Wildman–Crippen MR) is 85.9 cm³/mol. The fourth-order valence-electron chi connectivity index (χ4n) is 2.92. The van der Waals surface area contributed by atoms with Crippen LogP contribution in [0, 0.1) is 5.82 Å². The Kier molecular flexibility index (Phi) is 4.73. The normalized spacial score (nSPS) is 21.4. The summed E-state index contributed by atoms with van der Waals surface area (Å²) < 4.78 is 19.6. The maximum Gasteiger partial charge on any atom is 0.319 e. The van der Waals surface area contributed by atoms with Gasteiger partial charge in [0, 0.05) is 29.4 Å². The molecule has 1 aromatic carbocycles. The van der Waals surface area contributed by atoms with Crippen molar-refractivity contribution >= 4 is 23.5 Å². The molecule has 2 aliphatic heterocycles. The van der Waals surface area contributed by atoms with Crippen molar-refractivity contribution in [3.05, 3.63) is 45.9 Å². The summed E-state index contributed by atoms with van der Waals surface area (Å²) in [6, 6.07) is 2.81. The highest BCUT2D eigenvalue weighted by Gasteiger charge is 2.36. The molecule has 2 N–H and O–H groups in total. The highest BCUT2D eigenvalue weighted by molar-refractivity contribution is 6.31. The molecule has 1 atom stereocenters. The minimum atomic E-state index is -0.942. The van der Waals surface area contributed by atoms with E-state index in [0.717, 1.165) is 0 Å². The van der Waals surface area contributed by atoms with Crippen molar-refractivity contribution < 1.29 is 18.7 Å². The zero-order valence-corrected chi connectivity index (χ0v) is 13.8. The average Bonchev–Trinajstić information content (AvgIpc) is 2.54. The van der Waals surface area contributed by atoms with Crippen LogP contribution in [0.1, 0.15) is 18.5 Å². The number of hydrogen-bond acceptors (Lipinski definition) is 3. The topological polar surface area (TPSA) is 70.7 Å². The van der Waals surface area contributed by atoms with E-state index in [9.17, 15) is 14.0 Å². The number of allylic oxidation sites excluding steroid dienone is 1. The Bertz CT molecular complexity index is 696. The summed E-state index contributed by atoms with van der Waals surface area (Å²) >= 11 is 6.13. The number of ether oxygens (including phenoxy) is 1. The Morgan fingerprint density at radius 2 is 2.08 bits per heavy atom. The monoisotopic (exact) mass is 353 g/mol. The van der Waals surface area contributed by atoms with E-state index >= 15 is 0 Å². The van der Waals surface area contributed by atoms with Crippen molar-refractivity contribution in [1.82, 2.24) is 15.5 Å². The standard InChI is InChI=1S/C16H17ClFN3O3/c1-9-12(15(22)21-5-7-24-8-6-21)14(20-16(23)19-9)13-10(17)3-2-4-11(13)18/h2-4,14H,5-8H2,1H3,(H2,19,20,23)/t14-/m0/s1. The van der Waals surface area contributed by atoms with Gasteiger partial charge in [0.15, 0.2) is 0 Å². The number of nitrogens with one attached hydrogen (secondary N) is 2. The van der Waals surface area contributed by atoms with Gasteiger partial charge >= 0.3 is 6.03 Å². The SMILES string of the molecule is CC1=C(C(=O)N2CCOCC2)[C@@H](c2c(F)cccc2Cl)NC(=O)N1. The zero-order valence-electron chi connectivity index (χ0n) is 13.1. The van der Waals surface area contributed by atoms with Crippen molar-refractivity contribution in [3.63, 3.8) is 0 Å². The number of carbonyl (C=O) groups excluding carboxylic acids is 2. The minimum absolute atomic E-state index is 0.0879. The highest BCUT2D eigenvalue weighted by atomic mass is 35.5. The van der Waals surface area contributed by atoms with E-state index in [1.165, 1.54) is 18.2 Å². The van der Waals surface area contributed by atoms with Crippen LogP contribution in [-0.2, 0) is 9.53 Å². The second kappa shape index (κ2) is 6.78. The van der Waals surface area contributed by atoms with Crippen LogP contribution in [0.4, 0.5) is 9.18 Å². The van der Waals surface area contributed by atoms with Crippen molar-refractivity contribution in [2.45, 2.75) is 13.0 Å². The van der Waals surface area contributed by atoms with Gasteiger partial charge in [0.25, 0.3) is 5.91 Å². The van der Waals surface area contributed by atoms with Crippen molar-refractivity contribution in [2.75, 3.05) is 26.3 Å². The van der Waals surface area contributed by atoms with Crippen LogP contribution in [0.2, 0.25) is 5.02 Å². The molecule has 1 aromatic rings. The van der Waals surface area contributed by atoms with Gasteiger partial charge in [0.05, 0.1) is 24.8 Å². The third-order valence-corrected chi connectivity index (χ3v) is 4.42. The Hall–Kier alpha value is -2.12. The number of halogens is 2. The van der Waals surface area contributed by atoms with Crippen LogP contribution in [0.25, 0.3) is 0 Å². The summed E-state index contributed by atoms with van der Waals surface area (Å²) in [6.45, 7) is 3.41. The predicted octanol–water partition coefficient (Wildman–Crippen LogP) is 1.97. The quantitative estimate of drug-likeness (QED) is 0.854. The first-order valence-corrected chi connectivity index (χ1v) is 7.96. The Labute approximate surface area is 143 Å². The Morgan fingerprint density at radius 1 is 1.38 bits per heavy atom. The molecule has 6 nitrogen and oxygen atoms in total. The second-order valence-corrected chi connectivity index (χ2v) is 6.02. The maximum atomic E-state index is 14.3. The molecule has 0 radical (unpaired) electrons. The third kappa shape index (κ3) is 3.09. The average molecular weight is 354 g/mol. The van der Waals surface area contributed by atoms with Gasteiger partial charge in [-0.05, 0) is 19.1 Å². The molecular formula is C16H17ClFN3O3.